The molecular formula is C14H19NO2. The summed E-state index contributed by atoms with van der Waals surface area (Å²) in [6.45, 7) is 2.54. The van der Waals surface area contributed by atoms with Crippen LogP contribution in [0.25, 0.3) is 0 Å². The summed E-state index contributed by atoms with van der Waals surface area (Å²) in [4.78, 5) is 12.0. The first-order valence-electron chi connectivity index (χ1n) is 6.13. The SMILES string of the molecule is Cc1cccc(CC(=O)C2CCC(CN)O2)c1. The Labute approximate surface area is 102 Å². The highest BCUT2D eigenvalue weighted by Crippen LogP contribution is 2.21. The van der Waals surface area contributed by atoms with E-state index in [1.165, 1.54) is 5.56 Å². The third-order valence-electron chi connectivity index (χ3n) is 3.19. The summed E-state index contributed by atoms with van der Waals surface area (Å²) >= 11 is 0. The van der Waals surface area contributed by atoms with Crippen LogP contribution in [0.5, 0.6) is 0 Å². The second-order valence-corrected chi connectivity index (χ2v) is 4.69. The molecule has 0 amide bonds. The lowest BCUT2D eigenvalue weighted by molar-refractivity contribution is -0.128. The number of ether oxygens (including phenoxy) is 1. The van der Waals surface area contributed by atoms with Crippen LogP contribution in [-0.4, -0.2) is 24.5 Å². The second-order valence-electron chi connectivity index (χ2n) is 4.69. The van der Waals surface area contributed by atoms with Gasteiger partial charge < -0.3 is 10.5 Å². The number of rotatable bonds is 4. The average Bonchev–Trinajstić information content (AvgIpc) is 2.77. The zero-order valence-corrected chi connectivity index (χ0v) is 10.2. The van der Waals surface area contributed by atoms with Crippen molar-refractivity contribution in [1.29, 1.82) is 0 Å². The molecule has 1 fully saturated rings. The van der Waals surface area contributed by atoms with Crippen molar-refractivity contribution in [3.63, 3.8) is 0 Å². The topological polar surface area (TPSA) is 52.3 Å². The molecule has 2 unspecified atom stereocenters. The van der Waals surface area contributed by atoms with E-state index in [-0.39, 0.29) is 18.0 Å². The van der Waals surface area contributed by atoms with Crippen LogP contribution >= 0.6 is 0 Å². The molecule has 3 nitrogen and oxygen atoms in total. The molecule has 17 heavy (non-hydrogen) atoms. The number of hydrogen-bond acceptors (Lipinski definition) is 3. The van der Waals surface area contributed by atoms with Gasteiger partial charge in [0.25, 0.3) is 0 Å². The predicted molar refractivity (Wildman–Crippen MR) is 66.8 cm³/mol. The van der Waals surface area contributed by atoms with Crippen molar-refractivity contribution in [2.45, 2.75) is 38.4 Å². The third-order valence-corrected chi connectivity index (χ3v) is 3.19. The number of nitrogens with two attached hydrogens (primary N) is 1. The normalized spacial score (nSPS) is 23.9. The Kier molecular flexibility index (Phi) is 3.92. The monoisotopic (exact) mass is 233 g/mol. The van der Waals surface area contributed by atoms with E-state index >= 15 is 0 Å². The van der Waals surface area contributed by atoms with Gasteiger partial charge in [0, 0.05) is 13.0 Å². The maximum atomic E-state index is 12.0. The lowest BCUT2D eigenvalue weighted by Crippen LogP contribution is -2.26. The van der Waals surface area contributed by atoms with Crippen molar-refractivity contribution in [1.82, 2.24) is 0 Å². The van der Waals surface area contributed by atoms with Crippen molar-refractivity contribution in [3.8, 4) is 0 Å². The van der Waals surface area contributed by atoms with Gasteiger partial charge in [0.2, 0.25) is 0 Å². The van der Waals surface area contributed by atoms with E-state index in [0.29, 0.717) is 13.0 Å². The number of Topliss-reactive ketones (excluding diaryl/α,β-unsaturated/α-hetero) is 1. The average molecular weight is 233 g/mol. The molecule has 1 aliphatic rings. The summed E-state index contributed by atoms with van der Waals surface area (Å²) < 4.78 is 5.60. The molecule has 2 rings (SSSR count). The van der Waals surface area contributed by atoms with E-state index in [2.05, 4.69) is 0 Å². The third kappa shape index (κ3) is 3.14. The zero-order valence-electron chi connectivity index (χ0n) is 10.2. The van der Waals surface area contributed by atoms with Crippen LogP contribution in [0.4, 0.5) is 0 Å². The van der Waals surface area contributed by atoms with Gasteiger partial charge in [0.05, 0.1) is 6.10 Å². The maximum absolute atomic E-state index is 12.0. The number of ketones is 1. The van der Waals surface area contributed by atoms with Crippen LogP contribution in [0.3, 0.4) is 0 Å². The van der Waals surface area contributed by atoms with Gasteiger partial charge in [0.15, 0.2) is 5.78 Å². The molecule has 1 saturated heterocycles. The molecule has 0 bridgehead atoms. The first-order chi connectivity index (χ1) is 8.19. The molecule has 1 aromatic carbocycles. The van der Waals surface area contributed by atoms with Gasteiger partial charge in [-0.2, -0.15) is 0 Å². The van der Waals surface area contributed by atoms with Gasteiger partial charge in [-0.15, -0.1) is 0 Å². The number of benzene rings is 1. The van der Waals surface area contributed by atoms with E-state index < -0.39 is 0 Å². The highest BCUT2D eigenvalue weighted by Gasteiger charge is 2.29. The first-order valence-corrected chi connectivity index (χ1v) is 6.13. The Morgan fingerprint density at radius 2 is 2.29 bits per heavy atom. The molecule has 0 radical (unpaired) electrons. The highest BCUT2D eigenvalue weighted by molar-refractivity contribution is 5.85. The molecule has 1 heterocycles. The van der Waals surface area contributed by atoms with Crippen LogP contribution in [0.2, 0.25) is 0 Å². The fourth-order valence-corrected chi connectivity index (χ4v) is 2.25. The number of carbonyl (C=O) groups excluding carboxylic acids is 1. The summed E-state index contributed by atoms with van der Waals surface area (Å²) in [5.41, 5.74) is 7.78. The molecule has 0 aliphatic carbocycles. The molecule has 0 saturated carbocycles. The van der Waals surface area contributed by atoms with Gasteiger partial charge in [-0.05, 0) is 25.3 Å². The Morgan fingerprint density at radius 3 is 2.94 bits per heavy atom. The Balaban J connectivity index is 1.93. The molecular weight excluding hydrogens is 214 g/mol. The quantitative estimate of drug-likeness (QED) is 0.859. The van der Waals surface area contributed by atoms with E-state index in [4.69, 9.17) is 10.5 Å². The Hall–Kier alpha value is -1.19. The van der Waals surface area contributed by atoms with Gasteiger partial charge in [-0.3, -0.25) is 4.79 Å². The summed E-state index contributed by atoms with van der Waals surface area (Å²) in [5.74, 6) is 0.173. The van der Waals surface area contributed by atoms with Gasteiger partial charge in [-0.25, -0.2) is 0 Å². The molecule has 2 N–H and O–H groups in total. The Morgan fingerprint density at radius 1 is 1.47 bits per heavy atom. The van der Waals surface area contributed by atoms with Crippen LogP contribution in [0.15, 0.2) is 24.3 Å². The maximum Gasteiger partial charge on any atom is 0.165 e. The van der Waals surface area contributed by atoms with Crippen LogP contribution < -0.4 is 5.73 Å². The minimum absolute atomic E-state index is 0.0708. The van der Waals surface area contributed by atoms with Gasteiger partial charge in [-0.1, -0.05) is 29.8 Å². The van der Waals surface area contributed by atoms with E-state index in [1.54, 1.807) is 0 Å². The lowest BCUT2D eigenvalue weighted by Gasteiger charge is -2.11. The van der Waals surface area contributed by atoms with Crippen molar-refractivity contribution < 1.29 is 9.53 Å². The molecule has 1 aromatic rings. The van der Waals surface area contributed by atoms with E-state index in [9.17, 15) is 4.79 Å². The summed E-state index contributed by atoms with van der Waals surface area (Å²) in [6.07, 6.45) is 2.00. The van der Waals surface area contributed by atoms with Crippen molar-refractivity contribution >= 4 is 5.78 Å². The predicted octanol–water partition coefficient (Wildman–Crippen LogP) is 1.61. The molecule has 0 aromatic heterocycles. The van der Waals surface area contributed by atoms with Gasteiger partial charge in [0.1, 0.15) is 6.10 Å². The minimum atomic E-state index is -0.246. The summed E-state index contributed by atoms with van der Waals surface area (Å²) in [7, 11) is 0. The second kappa shape index (κ2) is 5.43. The van der Waals surface area contributed by atoms with Crippen LogP contribution in [-0.2, 0) is 16.0 Å². The Bertz CT molecular complexity index is 403. The first kappa shape index (κ1) is 12.3. The fraction of sp³-hybridized carbons (Fsp3) is 0.500. The summed E-state index contributed by atoms with van der Waals surface area (Å²) in [5, 5.41) is 0. The molecule has 3 heteroatoms. The minimum Gasteiger partial charge on any atom is -0.366 e. The van der Waals surface area contributed by atoms with Gasteiger partial charge >= 0.3 is 0 Å². The van der Waals surface area contributed by atoms with Crippen molar-refractivity contribution in [2.24, 2.45) is 5.73 Å². The van der Waals surface area contributed by atoms with E-state index in [0.717, 1.165) is 18.4 Å². The van der Waals surface area contributed by atoms with Crippen LogP contribution in [0, 0.1) is 6.92 Å². The van der Waals surface area contributed by atoms with Crippen molar-refractivity contribution in [2.75, 3.05) is 6.54 Å². The number of carbonyl (C=O) groups is 1. The molecule has 92 valence electrons. The van der Waals surface area contributed by atoms with E-state index in [1.807, 2.05) is 31.2 Å². The zero-order chi connectivity index (χ0) is 12.3. The summed E-state index contributed by atoms with van der Waals surface area (Å²) in [6, 6.07) is 8.05. The largest absolute Gasteiger partial charge is 0.366 e. The molecule has 0 spiro atoms. The number of aryl methyl sites for hydroxylation is 1. The van der Waals surface area contributed by atoms with Crippen molar-refractivity contribution in [3.05, 3.63) is 35.4 Å². The smallest absolute Gasteiger partial charge is 0.165 e. The highest BCUT2D eigenvalue weighted by atomic mass is 16.5. The standard InChI is InChI=1S/C14H19NO2/c1-10-3-2-4-11(7-10)8-13(16)14-6-5-12(9-15)17-14/h2-4,7,12,14H,5-6,8-9,15H2,1H3. The molecule has 1 aliphatic heterocycles. The fourth-order valence-electron chi connectivity index (χ4n) is 2.25. The lowest BCUT2D eigenvalue weighted by atomic mass is 10.0. The van der Waals surface area contributed by atoms with Crippen LogP contribution in [0.1, 0.15) is 24.0 Å². The number of hydrogen-bond donors (Lipinski definition) is 1. The molecule has 2 atom stereocenters.